The summed E-state index contributed by atoms with van der Waals surface area (Å²) in [5.74, 6) is -0.458. The van der Waals surface area contributed by atoms with Gasteiger partial charge in [0, 0.05) is 11.0 Å². The highest BCUT2D eigenvalue weighted by molar-refractivity contribution is 7.99. The second-order valence-electron chi connectivity index (χ2n) is 4.51. The van der Waals surface area contributed by atoms with Crippen LogP contribution < -0.4 is 4.43 Å². The molecular weight excluding hydrogens is 306 g/mol. The van der Waals surface area contributed by atoms with Crippen molar-refractivity contribution < 1.29 is 9.22 Å². The quantitative estimate of drug-likeness (QED) is 0.441. The zero-order valence-electron chi connectivity index (χ0n) is 11.5. The number of para-hydroxylation sites is 2. The van der Waals surface area contributed by atoms with Crippen LogP contribution in [0.2, 0.25) is 0 Å². The molecular formula is C13H11N5O3S. The Hall–Kier alpha value is -2.68. The Labute approximate surface area is 128 Å². The minimum absolute atomic E-state index is 0.0172. The fourth-order valence-electron chi connectivity index (χ4n) is 2.13. The van der Waals surface area contributed by atoms with Crippen LogP contribution in [-0.4, -0.2) is 31.4 Å². The van der Waals surface area contributed by atoms with E-state index in [1.54, 1.807) is 18.2 Å². The first-order valence-electron chi connectivity index (χ1n) is 6.35. The molecule has 1 aromatic carbocycles. The van der Waals surface area contributed by atoms with Gasteiger partial charge in [-0.3, -0.25) is 9.89 Å². The number of Topliss-reactive ketones (excluding diaryl/α,β-unsaturated/α-hetero) is 1. The molecule has 0 aliphatic carbocycles. The zero-order valence-corrected chi connectivity index (χ0v) is 12.3. The summed E-state index contributed by atoms with van der Waals surface area (Å²) in [7, 11) is 0. The number of hydrogen-bond acceptors (Lipinski definition) is 6. The Morgan fingerprint density at radius 1 is 1.45 bits per heavy atom. The Kier molecular flexibility index (Phi) is 3.63. The number of rotatable bonds is 4. The van der Waals surface area contributed by atoms with Crippen LogP contribution in [0.3, 0.4) is 0 Å². The van der Waals surface area contributed by atoms with Crippen LogP contribution in [-0.2, 0) is 0 Å². The smallest absolute Gasteiger partial charge is 0.325 e. The summed E-state index contributed by atoms with van der Waals surface area (Å²) < 4.78 is 1.12. The molecule has 3 rings (SSSR count). The van der Waals surface area contributed by atoms with Crippen LogP contribution in [0.15, 0.2) is 35.7 Å². The average molecular weight is 317 g/mol. The SMILES string of the molecule is Cc1c(C(=O)CSc2ncn[nH]2)[n+](=O)c2ccccc2n1[O-]. The standard InChI is InChI=1S/C13H11N5O3S/c1-8-12(11(19)6-22-13-14-7-15-16-13)18(21)10-5-3-2-4-9(10)17(8)20/h2-5,7H,6H2,1H3,(H,14,15,16). The second kappa shape index (κ2) is 5.60. The van der Waals surface area contributed by atoms with Crippen LogP contribution in [0, 0.1) is 17.0 Å². The van der Waals surface area contributed by atoms with Gasteiger partial charge in [-0.1, -0.05) is 23.9 Å². The Bertz CT molecular complexity index is 904. The molecule has 8 nitrogen and oxygen atoms in total. The van der Waals surface area contributed by atoms with Gasteiger partial charge in [-0.05, 0) is 13.0 Å². The third kappa shape index (κ3) is 2.35. The van der Waals surface area contributed by atoms with E-state index in [1.807, 2.05) is 0 Å². The third-order valence-corrected chi connectivity index (χ3v) is 4.04. The zero-order chi connectivity index (χ0) is 15.7. The van der Waals surface area contributed by atoms with Gasteiger partial charge in [-0.15, -0.1) is 0 Å². The second-order valence-corrected chi connectivity index (χ2v) is 5.48. The van der Waals surface area contributed by atoms with Gasteiger partial charge < -0.3 is 9.94 Å². The first-order valence-corrected chi connectivity index (χ1v) is 7.34. The fraction of sp³-hybridized carbons (Fsp3) is 0.154. The largest absolute Gasteiger partial charge is 0.805 e. The van der Waals surface area contributed by atoms with E-state index in [2.05, 4.69) is 15.2 Å². The van der Waals surface area contributed by atoms with E-state index < -0.39 is 5.78 Å². The van der Waals surface area contributed by atoms with Crippen molar-refractivity contribution in [1.29, 1.82) is 0 Å². The maximum Gasteiger partial charge on any atom is 0.325 e. The number of nitrogens with zero attached hydrogens (tertiary/aromatic N) is 4. The maximum atomic E-state index is 12.4. The number of carbonyl (C=O) groups excluding carboxylic acids is 1. The summed E-state index contributed by atoms with van der Waals surface area (Å²) in [5, 5.41) is 19.0. The normalized spacial score (nSPS) is 11.0. The lowest BCUT2D eigenvalue weighted by molar-refractivity contribution is -0.468. The van der Waals surface area contributed by atoms with Crippen molar-refractivity contribution >= 4 is 28.6 Å². The molecule has 112 valence electrons. The number of hydrogen-bond donors (Lipinski definition) is 1. The van der Waals surface area contributed by atoms with Crippen LogP contribution >= 0.6 is 11.8 Å². The van der Waals surface area contributed by atoms with Gasteiger partial charge in [0.15, 0.2) is 5.16 Å². The lowest BCUT2D eigenvalue weighted by Crippen LogP contribution is -2.31. The van der Waals surface area contributed by atoms with Crippen molar-refractivity contribution in [3.63, 3.8) is 0 Å². The number of carbonyl (C=O) groups is 1. The molecule has 0 saturated heterocycles. The molecule has 0 aliphatic rings. The van der Waals surface area contributed by atoms with Crippen LogP contribution in [0.5, 0.6) is 0 Å². The minimum Gasteiger partial charge on any atom is -0.805 e. The molecule has 2 heterocycles. The molecule has 0 fully saturated rings. The molecule has 0 radical (unpaired) electrons. The Balaban J connectivity index is 2.03. The van der Waals surface area contributed by atoms with Crippen LogP contribution in [0.4, 0.5) is 0 Å². The first-order chi connectivity index (χ1) is 10.6. The van der Waals surface area contributed by atoms with Crippen molar-refractivity contribution in [2.24, 2.45) is 0 Å². The Morgan fingerprint density at radius 2 is 2.23 bits per heavy atom. The number of nitrogens with one attached hydrogen (secondary N) is 1. The topological polar surface area (TPSA) is 110 Å². The van der Waals surface area contributed by atoms with E-state index >= 15 is 0 Å². The summed E-state index contributed by atoms with van der Waals surface area (Å²) in [6.07, 6.45) is 1.33. The highest BCUT2D eigenvalue weighted by Gasteiger charge is 2.26. The monoisotopic (exact) mass is 317 g/mol. The van der Waals surface area contributed by atoms with E-state index in [0.29, 0.717) is 14.3 Å². The number of fused-ring (bicyclic) bond motifs is 1. The lowest BCUT2D eigenvalue weighted by Gasteiger charge is -2.15. The van der Waals surface area contributed by atoms with Crippen LogP contribution in [0.1, 0.15) is 16.2 Å². The molecule has 0 unspecified atom stereocenters. The highest BCUT2D eigenvalue weighted by atomic mass is 32.2. The van der Waals surface area contributed by atoms with E-state index in [4.69, 9.17) is 0 Å². The van der Waals surface area contributed by atoms with Crippen molar-refractivity contribution in [2.75, 3.05) is 5.75 Å². The molecule has 0 aliphatic heterocycles. The highest BCUT2D eigenvalue weighted by Crippen LogP contribution is 2.17. The molecule has 9 heteroatoms. The molecule has 0 saturated carbocycles. The predicted molar refractivity (Wildman–Crippen MR) is 80.2 cm³/mol. The molecule has 22 heavy (non-hydrogen) atoms. The van der Waals surface area contributed by atoms with Gasteiger partial charge in [0.25, 0.3) is 5.52 Å². The summed E-state index contributed by atoms with van der Waals surface area (Å²) in [4.78, 5) is 28.6. The van der Waals surface area contributed by atoms with Gasteiger partial charge in [0.2, 0.25) is 5.78 Å². The van der Waals surface area contributed by atoms with Gasteiger partial charge in [0.05, 0.1) is 15.9 Å². The van der Waals surface area contributed by atoms with E-state index in [0.717, 1.165) is 11.8 Å². The molecule has 0 bridgehead atoms. The molecule has 1 N–H and O–H groups in total. The lowest BCUT2D eigenvalue weighted by atomic mass is 10.2. The number of thioether (sulfide) groups is 1. The summed E-state index contributed by atoms with van der Waals surface area (Å²) in [6, 6.07) is 6.36. The summed E-state index contributed by atoms with van der Waals surface area (Å²) in [6.45, 7) is 1.46. The molecule has 3 aromatic rings. The van der Waals surface area contributed by atoms with Crippen molar-refractivity contribution in [3.05, 3.63) is 52.1 Å². The van der Waals surface area contributed by atoms with Gasteiger partial charge in [-0.25, -0.2) is 4.98 Å². The number of benzene rings is 1. The van der Waals surface area contributed by atoms with Crippen molar-refractivity contribution in [1.82, 2.24) is 19.9 Å². The fourth-order valence-corrected chi connectivity index (χ4v) is 2.78. The number of ketones is 1. The Morgan fingerprint density at radius 3 is 2.95 bits per heavy atom. The number of aromatic nitrogens is 5. The van der Waals surface area contributed by atoms with Crippen LogP contribution in [0.25, 0.3) is 11.0 Å². The average Bonchev–Trinajstić information content (AvgIpc) is 3.04. The molecule has 2 aromatic heterocycles. The van der Waals surface area contributed by atoms with E-state index in [1.165, 1.54) is 19.3 Å². The predicted octanol–water partition coefficient (Wildman–Crippen LogP) is 1.30. The van der Waals surface area contributed by atoms with Gasteiger partial charge in [-0.2, -0.15) is 5.10 Å². The van der Waals surface area contributed by atoms with Crippen molar-refractivity contribution in [3.8, 4) is 0 Å². The van der Waals surface area contributed by atoms with E-state index in [-0.39, 0.29) is 28.2 Å². The molecule has 0 atom stereocenters. The van der Waals surface area contributed by atoms with Gasteiger partial charge >= 0.3 is 5.69 Å². The van der Waals surface area contributed by atoms with Gasteiger partial charge in [0.1, 0.15) is 11.8 Å². The minimum atomic E-state index is -0.441. The maximum absolute atomic E-state index is 12.4. The molecule has 0 spiro atoms. The third-order valence-electron chi connectivity index (χ3n) is 3.17. The van der Waals surface area contributed by atoms with E-state index in [9.17, 15) is 14.9 Å². The summed E-state index contributed by atoms with van der Waals surface area (Å²) in [5.41, 5.74) is 0.322. The summed E-state index contributed by atoms with van der Waals surface area (Å²) >= 11 is 1.12. The number of aromatic amines is 1. The molecule has 0 amide bonds. The first kappa shape index (κ1) is 14.3. The number of H-pyrrole nitrogens is 1. The van der Waals surface area contributed by atoms with Crippen molar-refractivity contribution in [2.45, 2.75) is 12.1 Å².